The summed E-state index contributed by atoms with van der Waals surface area (Å²) in [7, 11) is 0. The third kappa shape index (κ3) is 5.31. The minimum atomic E-state index is -0.272. The number of nitrogens with one attached hydrogen (secondary N) is 1. The molecule has 20 heavy (non-hydrogen) atoms. The zero-order chi connectivity index (χ0) is 15.2. The van der Waals surface area contributed by atoms with Crippen molar-refractivity contribution in [3.05, 3.63) is 29.8 Å². The number of hydrogen-bond acceptors (Lipinski definition) is 3. The van der Waals surface area contributed by atoms with Crippen LogP contribution in [0.3, 0.4) is 0 Å². The van der Waals surface area contributed by atoms with Crippen molar-refractivity contribution in [2.45, 2.75) is 45.6 Å². The van der Waals surface area contributed by atoms with E-state index in [1.165, 1.54) is 5.56 Å². The fraction of sp³-hybridized carbons (Fsp3) is 0.500. The second-order valence-electron chi connectivity index (χ2n) is 5.89. The maximum atomic E-state index is 11.2. The van der Waals surface area contributed by atoms with Crippen LogP contribution in [0, 0.1) is 11.3 Å². The molecule has 1 amide bonds. The Hall–Kier alpha value is -2.02. The van der Waals surface area contributed by atoms with Gasteiger partial charge in [0.2, 0.25) is 5.91 Å². The van der Waals surface area contributed by atoms with Gasteiger partial charge in [-0.2, -0.15) is 5.26 Å². The van der Waals surface area contributed by atoms with Gasteiger partial charge in [0, 0.05) is 0 Å². The van der Waals surface area contributed by atoms with E-state index in [9.17, 15) is 4.79 Å². The number of carbonyl (C=O) groups is 1. The Morgan fingerprint density at radius 3 is 2.45 bits per heavy atom. The number of benzene rings is 1. The molecule has 0 aromatic heterocycles. The van der Waals surface area contributed by atoms with Gasteiger partial charge in [0.15, 0.2) is 0 Å². The van der Waals surface area contributed by atoms with Crippen molar-refractivity contribution in [2.75, 3.05) is 6.61 Å². The van der Waals surface area contributed by atoms with Crippen molar-refractivity contribution in [2.24, 2.45) is 0 Å². The molecule has 0 saturated heterocycles. The van der Waals surface area contributed by atoms with Crippen molar-refractivity contribution in [3.8, 4) is 11.8 Å². The number of amides is 1. The number of nitrogens with zero attached hydrogens (tertiary/aromatic N) is 1. The fourth-order valence-electron chi connectivity index (χ4n) is 1.71. The second kappa shape index (κ2) is 6.95. The lowest BCUT2D eigenvalue weighted by atomic mass is 9.87. The predicted octanol–water partition coefficient (Wildman–Crippen LogP) is 2.78. The number of nitriles is 1. The van der Waals surface area contributed by atoms with E-state index in [-0.39, 0.29) is 23.8 Å². The maximum Gasteiger partial charge on any atom is 0.234 e. The molecule has 0 aliphatic heterocycles. The van der Waals surface area contributed by atoms with Gasteiger partial charge in [0.25, 0.3) is 0 Å². The third-order valence-corrected chi connectivity index (χ3v) is 2.87. The zero-order valence-electron chi connectivity index (χ0n) is 12.6. The molecule has 1 aromatic rings. The molecule has 0 fully saturated rings. The van der Waals surface area contributed by atoms with Crippen LogP contribution in [-0.4, -0.2) is 18.6 Å². The Morgan fingerprint density at radius 1 is 1.35 bits per heavy atom. The first-order chi connectivity index (χ1) is 9.32. The molecule has 0 radical (unpaired) electrons. The highest BCUT2D eigenvalue weighted by Gasteiger charge is 2.13. The predicted molar refractivity (Wildman–Crippen MR) is 78.5 cm³/mol. The quantitative estimate of drug-likeness (QED) is 0.898. The Bertz CT molecular complexity index is 481. The minimum Gasteiger partial charge on any atom is -0.491 e. The summed E-state index contributed by atoms with van der Waals surface area (Å²) in [5.74, 6) is 0.506. The van der Waals surface area contributed by atoms with Gasteiger partial charge in [0.1, 0.15) is 18.8 Å². The molecule has 0 aliphatic rings. The number of hydrogen-bond donors (Lipinski definition) is 1. The Kier molecular flexibility index (Phi) is 5.57. The summed E-state index contributed by atoms with van der Waals surface area (Å²) in [6, 6.07) is 9.66. The smallest absolute Gasteiger partial charge is 0.234 e. The van der Waals surface area contributed by atoms with Crippen molar-refractivity contribution in [1.82, 2.24) is 5.32 Å². The van der Waals surface area contributed by atoms with Gasteiger partial charge >= 0.3 is 0 Å². The molecule has 1 atom stereocenters. The summed E-state index contributed by atoms with van der Waals surface area (Å²) in [6.07, 6.45) is -0.120. The van der Waals surface area contributed by atoms with Gasteiger partial charge in [-0.15, -0.1) is 0 Å². The van der Waals surface area contributed by atoms with E-state index in [0.717, 1.165) is 5.75 Å². The van der Waals surface area contributed by atoms with Crippen molar-refractivity contribution >= 4 is 5.91 Å². The third-order valence-electron chi connectivity index (χ3n) is 2.87. The normalized spacial score (nSPS) is 12.3. The average molecular weight is 274 g/mol. The Balaban J connectivity index is 2.46. The van der Waals surface area contributed by atoms with E-state index < -0.39 is 0 Å². The molecule has 4 heteroatoms. The molecule has 0 saturated carbocycles. The van der Waals surface area contributed by atoms with Gasteiger partial charge in [-0.05, 0) is 30.0 Å². The number of rotatable bonds is 5. The SMILES string of the molecule is C[C@H](COc1ccc(C(C)(C)C)cc1)NC(=O)CC#N. The summed E-state index contributed by atoms with van der Waals surface area (Å²) in [6.45, 7) is 8.71. The van der Waals surface area contributed by atoms with Crippen LogP contribution in [-0.2, 0) is 10.2 Å². The van der Waals surface area contributed by atoms with Gasteiger partial charge in [-0.25, -0.2) is 0 Å². The highest BCUT2D eigenvalue weighted by atomic mass is 16.5. The van der Waals surface area contributed by atoms with Gasteiger partial charge in [0.05, 0.1) is 12.1 Å². The molecule has 0 aliphatic carbocycles. The lowest BCUT2D eigenvalue weighted by Gasteiger charge is -2.19. The van der Waals surface area contributed by atoms with Crippen molar-refractivity contribution in [3.63, 3.8) is 0 Å². The van der Waals surface area contributed by atoms with E-state index in [4.69, 9.17) is 10.00 Å². The Labute approximate surface area is 120 Å². The molecular formula is C16H22N2O2. The molecule has 0 unspecified atom stereocenters. The van der Waals surface area contributed by atoms with E-state index in [2.05, 4.69) is 26.1 Å². The molecule has 0 bridgehead atoms. The Morgan fingerprint density at radius 2 is 1.95 bits per heavy atom. The standard InChI is InChI=1S/C16H22N2O2/c1-12(18-15(19)9-10-17)11-20-14-7-5-13(6-8-14)16(2,3)4/h5-8,12H,9,11H2,1-4H3,(H,18,19)/t12-/m1/s1. The summed E-state index contributed by atoms with van der Waals surface area (Å²) < 4.78 is 5.62. The first-order valence-corrected chi connectivity index (χ1v) is 6.72. The van der Waals surface area contributed by atoms with Crippen LogP contribution >= 0.6 is 0 Å². The highest BCUT2D eigenvalue weighted by Crippen LogP contribution is 2.24. The van der Waals surface area contributed by atoms with Crippen LogP contribution < -0.4 is 10.1 Å². The summed E-state index contributed by atoms with van der Waals surface area (Å²) >= 11 is 0. The van der Waals surface area contributed by atoms with Gasteiger partial charge in [-0.1, -0.05) is 32.9 Å². The number of ether oxygens (including phenoxy) is 1. The first-order valence-electron chi connectivity index (χ1n) is 6.72. The average Bonchev–Trinajstić information content (AvgIpc) is 2.36. The summed E-state index contributed by atoms with van der Waals surface area (Å²) in [5.41, 5.74) is 1.37. The highest BCUT2D eigenvalue weighted by molar-refractivity contribution is 5.78. The van der Waals surface area contributed by atoms with E-state index in [0.29, 0.717) is 6.61 Å². The van der Waals surface area contributed by atoms with Gasteiger partial charge in [-0.3, -0.25) is 4.79 Å². The monoisotopic (exact) mass is 274 g/mol. The van der Waals surface area contributed by atoms with E-state index >= 15 is 0 Å². The molecule has 0 heterocycles. The number of carbonyl (C=O) groups excluding carboxylic acids is 1. The second-order valence-corrected chi connectivity index (χ2v) is 5.89. The lowest BCUT2D eigenvalue weighted by molar-refractivity contribution is -0.120. The van der Waals surface area contributed by atoms with Gasteiger partial charge < -0.3 is 10.1 Å². The molecule has 0 spiro atoms. The molecule has 1 rings (SSSR count). The molecule has 108 valence electrons. The topological polar surface area (TPSA) is 62.1 Å². The van der Waals surface area contributed by atoms with Crippen LogP contribution in [0.1, 0.15) is 39.7 Å². The van der Waals surface area contributed by atoms with Crippen LogP contribution in [0.2, 0.25) is 0 Å². The lowest BCUT2D eigenvalue weighted by Crippen LogP contribution is -2.36. The first kappa shape index (κ1) is 16.0. The van der Waals surface area contributed by atoms with Crippen LogP contribution in [0.4, 0.5) is 0 Å². The largest absolute Gasteiger partial charge is 0.491 e. The van der Waals surface area contributed by atoms with Crippen LogP contribution in [0.25, 0.3) is 0 Å². The fourth-order valence-corrected chi connectivity index (χ4v) is 1.71. The summed E-state index contributed by atoms with van der Waals surface area (Å²) in [4.78, 5) is 11.2. The molecular weight excluding hydrogens is 252 g/mol. The van der Waals surface area contributed by atoms with Crippen LogP contribution in [0.15, 0.2) is 24.3 Å². The molecule has 1 N–H and O–H groups in total. The maximum absolute atomic E-state index is 11.2. The summed E-state index contributed by atoms with van der Waals surface area (Å²) in [5, 5.41) is 11.1. The van der Waals surface area contributed by atoms with Crippen molar-refractivity contribution in [1.29, 1.82) is 5.26 Å². The van der Waals surface area contributed by atoms with Crippen molar-refractivity contribution < 1.29 is 9.53 Å². The molecule has 1 aromatic carbocycles. The zero-order valence-corrected chi connectivity index (χ0v) is 12.6. The minimum absolute atomic E-state index is 0.120. The van der Waals surface area contributed by atoms with Crippen LogP contribution in [0.5, 0.6) is 5.75 Å². The van der Waals surface area contributed by atoms with E-state index in [1.54, 1.807) is 0 Å². The van der Waals surface area contributed by atoms with E-state index in [1.807, 2.05) is 37.3 Å². The molecule has 4 nitrogen and oxygen atoms in total.